The van der Waals surface area contributed by atoms with Crippen LogP contribution < -0.4 is 15.0 Å². The van der Waals surface area contributed by atoms with Crippen LogP contribution in [0.3, 0.4) is 0 Å². The molecule has 0 bridgehead atoms. The number of carbonyl (C=O) groups excluding carboxylic acids is 1. The fourth-order valence-electron chi connectivity index (χ4n) is 3.39. The number of carbonyl (C=O) groups is 1. The first-order chi connectivity index (χ1) is 16.6. The van der Waals surface area contributed by atoms with Gasteiger partial charge in [-0.3, -0.25) is 0 Å². The molecule has 0 saturated heterocycles. The van der Waals surface area contributed by atoms with Crippen molar-refractivity contribution in [2.45, 2.75) is 33.3 Å². The van der Waals surface area contributed by atoms with Crippen molar-refractivity contribution in [1.82, 2.24) is 15.0 Å². The van der Waals surface area contributed by atoms with Gasteiger partial charge in [0.05, 0.1) is 17.3 Å². The normalized spacial score (nSPS) is 11.3. The summed E-state index contributed by atoms with van der Waals surface area (Å²) in [5.41, 5.74) is 2.52. The molecule has 0 fully saturated rings. The van der Waals surface area contributed by atoms with Crippen molar-refractivity contribution in [3.8, 4) is 11.5 Å². The van der Waals surface area contributed by atoms with Gasteiger partial charge in [-0.15, -0.1) is 0 Å². The third kappa shape index (κ3) is 5.84. The van der Waals surface area contributed by atoms with Gasteiger partial charge in [-0.05, 0) is 81.8 Å². The number of hydrogen-bond donors (Lipinski definition) is 1. The van der Waals surface area contributed by atoms with Crippen molar-refractivity contribution >= 4 is 34.2 Å². The van der Waals surface area contributed by atoms with Crippen LogP contribution in [0.4, 0.5) is 17.3 Å². The van der Waals surface area contributed by atoms with Crippen molar-refractivity contribution in [2.24, 2.45) is 0 Å². The molecule has 180 valence electrons. The Morgan fingerprint density at radius 1 is 0.971 bits per heavy atom. The molecular weight excluding hydrogens is 442 g/mol. The monoisotopic (exact) mass is 471 g/mol. The van der Waals surface area contributed by atoms with Crippen molar-refractivity contribution in [2.75, 3.05) is 24.3 Å². The van der Waals surface area contributed by atoms with E-state index in [1.165, 1.54) is 6.33 Å². The van der Waals surface area contributed by atoms with Gasteiger partial charge in [-0.2, -0.15) is 0 Å². The van der Waals surface area contributed by atoms with Gasteiger partial charge in [0.1, 0.15) is 35.1 Å². The minimum absolute atomic E-state index is 0.360. The van der Waals surface area contributed by atoms with E-state index in [4.69, 9.17) is 9.47 Å². The number of aryl methyl sites for hydroxylation is 1. The number of anilines is 3. The lowest BCUT2D eigenvalue weighted by atomic mass is 10.1. The molecule has 8 heteroatoms. The summed E-state index contributed by atoms with van der Waals surface area (Å²) in [6, 6.07) is 14.7. The van der Waals surface area contributed by atoms with E-state index in [1.54, 1.807) is 30.5 Å². The molecule has 0 radical (unpaired) electrons. The number of pyridine rings is 1. The highest BCUT2D eigenvalue weighted by Gasteiger charge is 2.18. The van der Waals surface area contributed by atoms with Gasteiger partial charge in [0.25, 0.3) is 0 Å². The average molecular weight is 472 g/mol. The van der Waals surface area contributed by atoms with Crippen LogP contribution in [0.2, 0.25) is 0 Å². The number of nitrogens with zero attached hydrogens (tertiary/aromatic N) is 4. The molecular formula is C27H29N5O3. The molecule has 2 heterocycles. The Morgan fingerprint density at radius 2 is 1.71 bits per heavy atom. The Balaban J connectivity index is 1.50. The predicted octanol–water partition coefficient (Wildman–Crippen LogP) is 5.89. The summed E-state index contributed by atoms with van der Waals surface area (Å²) >= 11 is 0. The molecule has 4 aromatic rings. The fourth-order valence-corrected chi connectivity index (χ4v) is 3.39. The average Bonchev–Trinajstić information content (AvgIpc) is 2.80. The highest BCUT2D eigenvalue weighted by molar-refractivity contribution is 5.92. The molecule has 0 aliphatic carbocycles. The van der Waals surface area contributed by atoms with Crippen LogP contribution in [0, 0.1) is 6.92 Å². The number of esters is 1. The van der Waals surface area contributed by atoms with E-state index in [-0.39, 0.29) is 5.97 Å². The van der Waals surface area contributed by atoms with Crippen LogP contribution in [0.5, 0.6) is 11.5 Å². The van der Waals surface area contributed by atoms with E-state index in [1.807, 2.05) is 71.0 Å². The molecule has 1 N–H and O–H groups in total. The van der Waals surface area contributed by atoms with Crippen LogP contribution in [0.1, 0.15) is 36.7 Å². The summed E-state index contributed by atoms with van der Waals surface area (Å²) in [5, 5.41) is 4.26. The van der Waals surface area contributed by atoms with Crippen LogP contribution in [-0.4, -0.2) is 40.6 Å². The molecule has 4 rings (SSSR count). The Hall–Kier alpha value is -4.20. The summed E-state index contributed by atoms with van der Waals surface area (Å²) in [5.74, 6) is 2.51. The first-order valence-corrected chi connectivity index (χ1v) is 11.3. The highest BCUT2D eigenvalue weighted by atomic mass is 16.6. The number of aromatic nitrogens is 3. The van der Waals surface area contributed by atoms with E-state index < -0.39 is 5.60 Å². The predicted molar refractivity (Wildman–Crippen MR) is 138 cm³/mol. The minimum atomic E-state index is -0.539. The van der Waals surface area contributed by atoms with Crippen LogP contribution in [0.15, 0.2) is 61.1 Å². The zero-order chi connectivity index (χ0) is 25.2. The second kappa shape index (κ2) is 9.58. The van der Waals surface area contributed by atoms with E-state index in [0.717, 1.165) is 28.0 Å². The van der Waals surface area contributed by atoms with Crippen LogP contribution in [-0.2, 0) is 4.74 Å². The molecule has 2 aromatic heterocycles. The van der Waals surface area contributed by atoms with Gasteiger partial charge in [-0.1, -0.05) is 0 Å². The zero-order valence-electron chi connectivity index (χ0n) is 20.8. The van der Waals surface area contributed by atoms with Gasteiger partial charge in [-0.25, -0.2) is 19.7 Å². The van der Waals surface area contributed by atoms with Crippen molar-refractivity contribution < 1.29 is 14.3 Å². The molecule has 35 heavy (non-hydrogen) atoms. The Morgan fingerprint density at radius 3 is 2.37 bits per heavy atom. The molecule has 8 nitrogen and oxygen atoms in total. The smallest absolute Gasteiger partial charge is 0.338 e. The maximum absolute atomic E-state index is 12.2. The van der Waals surface area contributed by atoms with Crippen LogP contribution >= 0.6 is 0 Å². The molecule has 0 aliphatic rings. The van der Waals surface area contributed by atoms with Crippen molar-refractivity contribution in [3.05, 3.63) is 72.2 Å². The lowest BCUT2D eigenvalue weighted by Crippen LogP contribution is -2.23. The highest BCUT2D eigenvalue weighted by Crippen LogP contribution is 2.30. The van der Waals surface area contributed by atoms with Crippen LogP contribution in [0.25, 0.3) is 10.9 Å². The number of ether oxygens (including phenoxy) is 2. The number of rotatable bonds is 6. The molecule has 0 unspecified atom stereocenters. The van der Waals surface area contributed by atoms with Gasteiger partial charge in [0, 0.05) is 25.2 Å². The summed E-state index contributed by atoms with van der Waals surface area (Å²) in [6.45, 7) is 7.50. The van der Waals surface area contributed by atoms with Gasteiger partial charge in [0.15, 0.2) is 0 Å². The molecule has 0 atom stereocenters. The Bertz CT molecular complexity index is 1360. The first-order valence-electron chi connectivity index (χ1n) is 11.3. The number of hydrogen-bond acceptors (Lipinski definition) is 8. The molecule has 0 amide bonds. The lowest BCUT2D eigenvalue weighted by molar-refractivity contribution is 0.00695. The lowest BCUT2D eigenvalue weighted by Gasteiger charge is -2.19. The number of benzene rings is 2. The minimum Gasteiger partial charge on any atom is -0.457 e. The SMILES string of the molecule is Cc1cc(Nc2ncnc3cnc(N(C)C)cc23)ccc1Oc1ccc(C(=O)OC(C)(C)C)cc1. The van der Waals surface area contributed by atoms with Gasteiger partial charge >= 0.3 is 5.97 Å². The zero-order valence-corrected chi connectivity index (χ0v) is 20.8. The Kier molecular flexibility index (Phi) is 6.55. The van der Waals surface area contributed by atoms with Crippen molar-refractivity contribution in [3.63, 3.8) is 0 Å². The summed E-state index contributed by atoms with van der Waals surface area (Å²) < 4.78 is 11.4. The second-order valence-corrected chi connectivity index (χ2v) is 9.41. The molecule has 0 saturated carbocycles. The maximum atomic E-state index is 12.2. The summed E-state index contributed by atoms with van der Waals surface area (Å²) in [6.07, 6.45) is 3.26. The second-order valence-electron chi connectivity index (χ2n) is 9.41. The van der Waals surface area contributed by atoms with E-state index in [9.17, 15) is 4.79 Å². The summed E-state index contributed by atoms with van der Waals surface area (Å²) in [4.78, 5) is 27.3. The maximum Gasteiger partial charge on any atom is 0.338 e. The number of nitrogens with one attached hydrogen (secondary N) is 1. The van der Waals surface area contributed by atoms with E-state index in [0.29, 0.717) is 22.9 Å². The summed E-state index contributed by atoms with van der Waals surface area (Å²) in [7, 11) is 3.89. The molecule has 0 aliphatic heterocycles. The Labute approximate surface area is 205 Å². The molecule has 2 aromatic carbocycles. The quantitative estimate of drug-likeness (QED) is 0.348. The third-order valence-corrected chi connectivity index (χ3v) is 5.12. The third-order valence-electron chi connectivity index (χ3n) is 5.12. The van der Waals surface area contributed by atoms with E-state index in [2.05, 4.69) is 20.3 Å². The van der Waals surface area contributed by atoms with E-state index >= 15 is 0 Å². The number of fused-ring (bicyclic) bond motifs is 1. The fraction of sp³-hybridized carbons (Fsp3) is 0.259. The van der Waals surface area contributed by atoms with Gasteiger partial charge in [0.2, 0.25) is 0 Å². The topological polar surface area (TPSA) is 89.5 Å². The first kappa shape index (κ1) is 23.9. The standard InChI is InChI=1S/C27H29N5O3/c1-17-13-19(31-25-21-14-24(32(5)6)28-15-22(21)29-16-30-25)9-12-23(17)34-20-10-7-18(8-11-20)26(33)35-27(2,3)4/h7-16H,1-6H3,(H,29,30,31). The largest absolute Gasteiger partial charge is 0.457 e. The van der Waals surface area contributed by atoms with Gasteiger partial charge < -0.3 is 19.7 Å². The molecule has 0 spiro atoms. The van der Waals surface area contributed by atoms with Crippen molar-refractivity contribution in [1.29, 1.82) is 0 Å².